The normalized spacial score (nSPS) is 27.4. The molecule has 3 heteroatoms. The van der Waals surface area contributed by atoms with Crippen molar-refractivity contribution in [1.29, 1.82) is 5.26 Å². The first-order valence-electron chi connectivity index (χ1n) is 11.4. The van der Waals surface area contributed by atoms with Gasteiger partial charge in [0, 0.05) is 6.08 Å². The quantitative estimate of drug-likeness (QED) is 0.254. The second-order valence-electron chi connectivity index (χ2n) is 9.01. The van der Waals surface area contributed by atoms with Crippen LogP contribution in [0, 0.1) is 40.7 Å². The molecule has 0 atom stereocenters. The molecule has 1 aromatic rings. The molecule has 1 aromatic carbocycles. The van der Waals surface area contributed by atoms with Crippen molar-refractivity contribution >= 4 is 0 Å². The fourth-order valence-electron chi connectivity index (χ4n) is 5.32. The largest absolute Gasteiger partial charge is 0.204 e. The van der Waals surface area contributed by atoms with Gasteiger partial charge in [-0.05, 0) is 106 Å². The number of rotatable bonds is 7. The molecule has 2 aliphatic rings. The lowest BCUT2D eigenvalue weighted by molar-refractivity contribution is 0.260. The fourth-order valence-corrected chi connectivity index (χ4v) is 5.32. The molecule has 0 saturated heterocycles. The molecule has 0 aromatic heterocycles. The molecule has 0 spiro atoms. The summed E-state index contributed by atoms with van der Waals surface area (Å²) in [4.78, 5) is 0. The average Bonchev–Trinajstić information content (AvgIpc) is 2.78. The molecule has 2 saturated carbocycles. The SMILES string of the molecule is C=C(C1CCC(CCC=CC=CC#N)CC1)C1CCC(c2ccc(F)c(F)c2)CC1. The molecule has 3 rings (SSSR count). The molecular formula is C27H33F2N. The average molecular weight is 410 g/mol. The van der Waals surface area contributed by atoms with Crippen LogP contribution in [0.15, 0.2) is 54.7 Å². The van der Waals surface area contributed by atoms with Crippen LogP contribution in [0.4, 0.5) is 8.78 Å². The van der Waals surface area contributed by atoms with Crippen LogP contribution >= 0.6 is 0 Å². The number of nitriles is 1. The molecule has 30 heavy (non-hydrogen) atoms. The lowest BCUT2D eigenvalue weighted by atomic mass is 9.69. The third-order valence-electron chi connectivity index (χ3n) is 7.20. The molecule has 1 nitrogen and oxygen atoms in total. The van der Waals surface area contributed by atoms with Gasteiger partial charge in [-0.3, -0.25) is 0 Å². The van der Waals surface area contributed by atoms with E-state index in [1.807, 2.05) is 12.1 Å². The summed E-state index contributed by atoms with van der Waals surface area (Å²) < 4.78 is 26.7. The highest BCUT2D eigenvalue weighted by Crippen LogP contribution is 2.44. The van der Waals surface area contributed by atoms with Gasteiger partial charge in [-0.25, -0.2) is 8.78 Å². The van der Waals surface area contributed by atoms with Gasteiger partial charge >= 0.3 is 0 Å². The van der Waals surface area contributed by atoms with Crippen molar-refractivity contribution in [3.05, 3.63) is 71.9 Å². The van der Waals surface area contributed by atoms with E-state index in [0.29, 0.717) is 17.8 Å². The lowest BCUT2D eigenvalue weighted by Gasteiger charge is -2.36. The smallest absolute Gasteiger partial charge is 0.159 e. The van der Waals surface area contributed by atoms with Gasteiger partial charge < -0.3 is 0 Å². The fraction of sp³-hybridized carbons (Fsp3) is 0.519. The highest BCUT2D eigenvalue weighted by atomic mass is 19.2. The summed E-state index contributed by atoms with van der Waals surface area (Å²) in [6.45, 7) is 4.50. The van der Waals surface area contributed by atoms with E-state index in [4.69, 9.17) is 5.26 Å². The van der Waals surface area contributed by atoms with E-state index in [9.17, 15) is 8.78 Å². The van der Waals surface area contributed by atoms with Gasteiger partial charge in [0.15, 0.2) is 11.6 Å². The summed E-state index contributed by atoms with van der Waals surface area (Å²) in [5, 5.41) is 8.47. The standard InChI is InChI=1S/C27H33F2N/c1-20(22-10-8-21(9-11-22)7-5-3-2-4-6-18-30)23-12-14-24(15-13-23)25-16-17-26(28)27(29)19-25/h2-4,6,16-17,19,21-24H,1,5,7-15H2. The van der Waals surface area contributed by atoms with Gasteiger partial charge in [-0.1, -0.05) is 36.4 Å². The molecule has 0 amide bonds. The van der Waals surface area contributed by atoms with E-state index in [-0.39, 0.29) is 0 Å². The summed E-state index contributed by atoms with van der Waals surface area (Å²) in [6, 6.07) is 6.38. The van der Waals surface area contributed by atoms with Crippen molar-refractivity contribution in [2.45, 2.75) is 70.1 Å². The number of halogens is 2. The lowest BCUT2D eigenvalue weighted by Crippen LogP contribution is -2.22. The number of allylic oxidation sites excluding steroid dienone is 5. The van der Waals surface area contributed by atoms with Crippen molar-refractivity contribution in [2.75, 3.05) is 0 Å². The van der Waals surface area contributed by atoms with Crippen LogP contribution in [0.5, 0.6) is 0 Å². The van der Waals surface area contributed by atoms with Gasteiger partial charge in [0.05, 0.1) is 6.07 Å². The topological polar surface area (TPSA) is 23.8 Å². The number of hydrogen-bond acceptors (Lipinski definition) is 1. The molecule has 0 heterocycles. The third kappa shape index (κ3) is 6.14. The minimum Gasteiger partial charge on any atom is -0.204 e. The molecule has 0 bridgehead atoms. The van der Waals surface area contributed by atoms with E-state index >= 15 is 0 Å². The van der Waals surface area contributed by atoms with Crippen LogP contribution in [-0.4, -0.2) is 0 Å². The Labute approximate surface area is 180 Å². The number of hydrogen-bond donors (Lipinski definition) is 0. The monoisotopic (exact) mass is 409 g/mol. The molecule has 0 unspecified atom stereocenters. The van der Waals surface area contributed by atoms with E-state index < -0.39 is 11.6 Å². The second kappa shape index (κ2) is 11.3. The number of benzene rings is 1. The van der Waals surface area contributed by atoms with Crippen molar-refractivity contribution < 1.29 is 8.78 Å². The molecule has 0 N–H and O–H groups in total. The predicted octanol–water partition coefficient (Wildman–Crippen LogP) is 8.02. The van der Waals surface area contributed by atoms with Crippen LogP contribution in [0.25, 0.3) is 0 Å². The second-order valence-corrected chi connectivity index (χ2v) is 9.01. The van der Waals surface area contributed by atoms with Gasteiger partial charge in [-0.15, -0.1) is 0 Å². The maximum absolute atomic E-state index is 13.6. The van der Waals surface area contributed by atoms with Crippen LogP contribution in [0.2, 0.25) is 0 Å². The highest BCUT2D eigenvalue weighted by Gasteiger charge is 2.30. The number of nitrogens with zero attached hydrogens (tertiary/aromatic N) is 1. The summed E-state index contributed by atoms with van der Waals surface area (Å²) in [5.74, 6) is 0.898. The van der Waals surface area contributed by atoms with Gasteiger partial charge in [0.25, 0.3) is 0 Å². The Morgan fingerprint density at radius 2 is 1.63 bits per heavy atom. The Balaban J connectivity index is 1.40. The van der Waals surface area contributed by atoms with Crippen molar-refractivity contribution in [1.82, 2.24) is 0 Å². The van der Waals surface area contributed by atoms with Crippen molar-refractivity contribution in [3.63, 3.8) is 0 Å². The first-order chi connectivity index (χ1) is 14.6. The molecule has 0 radical (unpaired) electrons. The first-order valence-corrected chi connectivity index (χ1v) is 11.4. The van der Waals surface area contributed by atoms with Gasteiger partial charge in [-0.2, -0.15) is 5.26 Å². The van der Waals surface area contributed by atoms with E-state index in [2.05, 4.69) is 12.7 Å². The maximum atomic E-state index is 13.6. The minimum atomic E-state index is -0.761. The van der Waals surface area contributed by atoms with Crippen LogP contribution in [0.3, 0.4) is 0 Å². The van der Waals surface area contributed by atoms with Crippen molar-refractivity contribution in [2.24, 2.45) is 17.8 Å². The molecule has 160 valence electrons. The summed E-state index contributed by atoms with van der Waals surface area (Å²) in [5.41, 5.74) is 2.38. The Kier molecular flexibility index (Phi) is 8.43. The van der Waals surface area contributed by atoms with E-state index in [1.165, 1.54) is 55.9 Å². The maximum Gasteiger partial charge on any atom is 0.159 e. The molecule has 0 aliphatic heterocycles. The Hall–Kier alpha value is -2.21. The van der Waals surface area contributed by atoms with E-state index in [1.54, 1.807) is 12.1 Å². The Morgan fingerprint density at radius 1 is 0.967 bits per heavy atom. The van der Waals surface area contributed by atoms with Crippen LogP contribution in [-0.2, 0) is 0 Å². The van der Waals surface area contributed by atoms with E-state index in [0.717, 1.165) is 43.6 Å². The minimum absolute atomic E-state index is 0.343. The van der Waals surface area contributed by atoms with Crippen molar-refractivity contribution in [3.8, 4) is 6.07 Å². The third-order valence-corrected chi connectivity index (χ3v) is 7.20. The molecule has 2 aliphatic carbocycles. The zero-order valence-corrected chi connectivity index (χ0v) is 17.8. The Bertz CT molecular complexity index is 801. The summed E-state index contributed by atoms with van der Waals surface area (Å²) in [6.07, 6.45) is 19.1. The molecule has 2 fully saturated rings. The summed E-state index contributed by atoms with van der Waals surface area (Å²) >= 11 is 0. The van der Waals surface area contributed by atoms with Gasteiger partial charge in [0.1, 0.15) is 0 Å². The summed E-state index contributed by atoms with van der Waals surface area (Å²) in [7, 11) is 0. The zero-order valence-electron chi connectivity index (χ0n) is 17.8. The van der Waals surface area contributed by atoms with Crippen LogP contribution < -0.4 is 0 Å². The highest BCUT2D eigenvalue weighted by molar-refractivity contribution is 5.23. The predicted molar refractivity (Wildman–Crippen MR) is 119 cm³/mol. The van der Waals surface area contributed by atoms with Crippen LogP contribution in [0.1, 0.15) is 75.7 Å². The van der Waals surface area contributed by atoms with Gasteiger partial charge in [0.2, 0.25) is 0 Å². The first kappa shape index (κ1) is 22.5. The Morgan fingerprint density at radius 3 is 2.27 bits per heavy atom. The zero-order chi connectivity index (χ0) is 21.3. The molecular weight excluding hydrogens is 376 g/mol.